The number of thiocarbonyl (C=S) groups is 1. The molecule has 0 atom stereocenters. The van der Waals surface area contributed by atoms with E-state index in [-0.39, 0.29) is 11.0 Å². The second-order valence-electron chi connectivity index (χ2n) is 2.42. The number of benzene rings is 1. The molecule has 6 heteroatoms. The van der Waals surface area contributed by atoms with Gasteiger partial charge in [0.15, 0.2) is 5.11 Å². The fourth-order valence-corrected chi connectivity index (χ4v) is 0.862. The topological polar surface area (TPSA) is 79.2 Å². The summed E-state index contributed by atoms with van der Waals surface area (Å²) in [6, 6.07) is 8.75. The third-order valence-corrected chi connectivity index (χ3v) is 1.68. The molecule has 0 bridgehead atoms. The van der Waals surface area contributed by atoms with Crippen LogP contribution in [0.5, 0.6) is 0 Å². The highest BCUT2D eigenvalue weighted by Crippen LogP contribution is 1.96. The van der Waals surface area contributed by atoms with Gasteiger partial charge in [0.25, 0.3) is 5.91 Å². The fraction of sp³-hybridized carbons (Fsp3) is 0. The standard InChI is InChI=1S/C8H10N4OS/c9-10-8(14)12-11-7(13)6-4-2-1-3-5-6/h1-5H,9H2,(H,11,13)(H2,10,12,14). The summed E-state index contributed by atoms with van der Waals surface area (Å²) in [5, 5.41) is 0.147. The molecular weight excluding hydrogens is 200 g/mol. The third-order valence-electron chi connectivity index (χ3n) is 1.46. The van der Waals surface area contributed by atoms with Crippen LogP contribution in [-0.4, -0.2) is 11.0 Å². The molecule has 0 saturated heterocycles. The van der Waals surface area contributed by atoms with E-state index in [1.807, 2.05) is 6.07 Å². The highest BCUT2D eigenvalue weighted by atomic mass is 32.1. The minimum Gasteiger partial charge on any atom is -0.300 e. The van der Waals surface area contributed by atoms with E-state index in [4.69, 9.17) is 5.84 Å². The van der Waals surface area contributed by atoms with Gasteiger partial charge in [0, 0.05) is 5.56 Å². The molecule has 5 nitrogen and oxygen atoms in total. The largest absolute Gasteiger partial charge is 0.300 e. The molecule has 0 aliphatic heterocycles. The molecule has 0 aliphatic rings. The number of hydrogen-bond donors (Lipinski definition) is 4. The number of nitrogens with two attached hydrogens (primary N) is 1. The zero-order valence-electron chi connectivity index (χ0n) is 7.28. The Hall–Kier alpha value is -1.66. The van der Waals surface area contributed by atoms with Crippen molar-refractivity contribution in [2.75, 3.05) is 0 Å². The van der Waals surface area contributed by atoms with Crippen LogP contribution in [0.25, 0.3) is 0 Å². The van der Waals surface area contributed by atoms with Crippen LogP contribution in [0.1, 0.15) is 10.4 Å². The van der Waals surface area contributed by atoms with Crippen LogP contribution in [0.15, 0.2) is 30.3 Å². The van der Waals surface area contributed by atoms with E-state index < -0.39 is 0 Å². The van der Waals surface area contributed by atoms with Crippen LogP contribution in [0.3, 0.4) is 0 Å². The van der Waals surface area contributed by atoms with Crippen molar-refractivity contribution < 1.29 is 4.79 Å². The van der Waals surface area contributed by atoms with E-state index in [1.54, 1.807) is 24.3 Å². The highest BCUT2D eigenvalue weighted by Gasteiger charge is 2.02. The molecule has 0 aliphatic carbocycles. The lowest BCUT2D eigenvalue weighted by molar-refractivity contribution is 0.0943. The number of amides is 1. The third kappa shape index (κ3) is 3.00. The molecule has 0 aromatic heterocycles. The normalized spacial score (nSPS) is 8.93. The van der Waals surface area contributed by atoms with Gasteiger partial charge in [-0.05, 0) is 24.4 Å². The molecule has 1 rings (SSSR count). The molecule has 0 spiro atoms. The van der Waals surface area contributed by atoms with Crippen molar-refractivity contribution in [2.24, 2.45) is 5.84 Å². The van der Waals surface area contributed by atoms with Crippen molar-refractivity contribution in [1.29, 1.82) is 0 Å². The maximum Gasteiger partial charge on any atom is 0.269 e. The Kier molecular flexibility index (Phi) is 3.84. The summed E-state index contributed by atoms with van der Waals surface area (Å²) in [7, 11) is 0. The minimum atomic E-state index is -0.275. The van der Waals surface area contributed by atoms with Crippen LogP contribution in [0.4, 0.5) is 0 Å². The fourth-order valence-electron chi connectivity index (χ4n) is 0.811. The van der Waals surface area contributed by atoms with E-state index in [1.165, 1.54) is 0 Å². The van der Waals surface area contributed by atoms with Crippen molar-refractivity contribution in [3.05, 3.63) is 35.9 Å². The van der Waals surface area contributed by atoms with E-state index in [0.717, 1.165) is 0 Å². The van der Waals surface area contributed by atoms with E-state index in [2.05, 4.69) is 28.5 Å². The van der Waals surface area contributed by atoms with Gasteiger partial charge in [-0.15, -0.1) is 0 Å². The summed E-state index contributed by atoms with van der Waals surface area (Å²) in [6.45, 7) is 0. The number of carbonyl (C=O) groups excluding carboxylic acids is 1. The van der Waals surface area contributed by atoms with E-state index in [9.17, 15) is 4.79 Å². The quantitative estimate of drug-likeness (QED) is 0.290. The maximum atomic E-state index is 11.4. The Morgan fingerprint density at radius 1 is 1.21 bits per heavy atom. The summed E-state index contributed by atoms with van der Waals surface area (Å²) in [5.41, 5.74) is 7.52. The van der Waals surface area contributed by atoms with Gasteiger partial charge in [0.1, 0.15) is 0 Å². The number of nitrogens with one attached hydrogen (secondary N) is 3. The first-order chi connectivity index (χ1) is 6.74. The molecule has 14 heavy (non-hydrogen) atoms. The lowest BCUT2D eigenvalue weighted by Gasteiger charge is -2.07. The van der Waals surface area contributed by atoms with Crippen LogP contribution < -0.4 is 22.1 Å². The smallest absolute Gasteiger partial charge is 0.269 e. The molecule has 1 aromatic carbocycles. The van der Waals surface area contributed by atoms with E-state index >= 15 is 0 Å². The molecule has 0 heterocycles. The van der Waals surface area contributed by atoms with Crippen molar-refractivity contribution in [2.45, 2.75) is 0 Å². The Bertz CT molecular complexity index is 327. The van der Waals surface area contributed by atoms with Crippen molar-refractivity contribution >= 4 is 23.2 Å². The SMILES string of the molecule is NNC(=S)NNC(=O)c1ccccc1. The predicted octanol–water partition coefficient (Wildman–Crippen LogP) is -0.331. The molecule has 1 aromatic rings. The Morgan fingerprint density at radius 2 is 1.86 bits per heavy atom. The maximum absolute atomic E-state index is 11.4. The molecule has 5 N–H and O–H groups in total. The monoisotopic (exact) mass is 210 g/mol. The average Bonchev–Trinajstić information content (AvgIpc) is 2.26. The lowest BCUT2D eigenvalue weighted by Crippen LogP contribution is -2.48. The highest BCUT2D eigenvalue weighted by molar-refractivity contribution is 7.80. The average molecular weight is 210 g/mol. The number of hydrogen-bond acceptors (Lipinski definition) is 3. The second kappa shape index (κ2) is 5.15. The summed E-state index contributed by atoms with van der Waals surface area (Å²) >= 11 is 4.66. The molecule has 0 unspecified atom stereocenters. The first kappa shape index (κ1) is 10.4. The van der Waals surface area contributed by atoms with Gasteiger partial charge in [-0.25, -0.2) is 5.84 Å². The molecule has 1 amide bonds. The van der Waals surface area contributed by atoms with Gasteiger partial charge in [0.05, 0.1) is 0 Å². The summed E-state index contributed by atoms with van der Waals surface area (Å²) < 4.78 is 0. The molecule has 74 valence electrons. The summed E-state index contributed by atoms with van der Waals surface area (Å²) in [5.74, 6) is 4.72. The number of hydrazine groups is 2. The van der Waals surface area contributed by atoms with Crippen molar-refractivity contribution in [1.82, 2.24) is 16.3 Å². The lowest BCUT2D eigenvalue weighted by atomic mass is 10.2. The van der Waals surface area contributed by atoms with Crippen LogP contribution in [0.2, 0.25) is 0 Å². The van der Waals surface area contributed by atoms with Crippen molar-refractivity contribution in [3.63, 3.8) is 0 Å². The van der Waals surface area contributed by atoms with Crippen LogP contribution in [0, 0.1) is 0 Å². The number of carbonyl (C=O) groups is 1. The van der Waals surface area contributed by atoms with Gasteiger partial charge < -0.3 is 0 Å². The van der Waals surface area contributed by atoms with Gasteiger partial charge in [0.2, 0.25) is 0 Å². The van der Waals surface area contributed by atoms with Crippen LogP contribution in [-0.2, 0) is 0 Å². The first-order valence-corrected chi connectivity index (χ1v) is 4.27. The number of rotatable bonds is 1. The molecule has 0 radical (unpaired) electrons. The van der Waals surface area contributed by atoms with Gasteiger partial charge >= 0.3 is 0 Å². The summed E-state index contributed by atoms with van der Waals surface area (Å²) in [4.78, 5) is 11.4. The molecule has 0 fully saturated rings. The zero-order valence-corrected chi connectivity index (χ0v) is 8.10. The van der Waals surface area contributed by atoms with Gasteiger partial charge in [-0.3, -0.25) is 21.1 Å². The Balaban J connectivity index is 2.48. The molecule has 0 saturated carbocycles. The van der Waals surface area contributed by atoms with Crippen LogP contribution >= 0.6 is 12.2 Å². The van der Waals surface area contributed by atoms with Gasteiger partial charge in [-0.1, -0.05) is 18.2 Å². The summed E-state index contributed by atoms with van der Waals surface area (Å²) in [6.07, 6.45) is 0. The van der Waals surface area contributed by atoms with E-state index in [0.29, 0.717) is 5.56 Å². The zero-order chi connectivity index (χ0) is 10.4. The van der Waals surface area contributed by atoms with Gasteiger partial charge in [-0.2, -0.15) is 0 Å². The first-order valence-electron chi connectivity index (χ1n) is 3.86. The predicted molar refractivity (Wildman–Crippen MR) is 57.0 cm³/mol. The van der Waals surface area contributed by atoms with Crippen molar-refractivity contribution in [3.8, 4) is 0 Å². The Morgan fingerprint density at radius 3 is 2.43 bits per heavy atom. The second-order valence-corrected chi connectivity index (χ2v) is 2.83. The minimum absolute atomic E-state index is 0.147. The Labute approximate surface area is 86.6 Å². The molecular formula is C8H10N4OS.